The van der Waals surface area contributed by atoms with Crippen molar-refractivity contribution in [1.29, 1.82) is 0 Å². The molecule has 3 aromatic carbocycles. The molecule has 1 saturated heterocycles. The van der Waals surface area contributed by atoms with E-state index in [1.54, 1.807) is 24.3 Å². The summed E-state index contributed by atoms with van der Waals surface area (Å²) in [5, 5.41) is 1.39. The van der Waals surface area contributed by atoms with Gasteiger partial charge < -0.3 is 4.74 Å². The summed E-state index contributed by atoms with van der Waals surface area (Å²) < 4.78 is 61.4. The van der Waals surface area contributed by atoms with Gasteiger partial charge in [-0.25, -0.2) is 21.9 Å². The Balaban J connectivity index is 1.44. The first-order valence-electron chi connectivity index (χ1n) is 10.7. The first-order valence-corrected chi connectivity index (χ1v) is 12.2. The van der Waals surface area contributed by atoms with E-state index in [0.717, 1.165) is 11.5 Å². The van der Waals surface area contributed by atoms with Crippen LogP contribution in [-0.2, 0) is 16.6 Å². The monoisotopic (exact) mass is 460 g/mol. The van der Waals surface area contributed by atoms with Crippen LogP contribution >= 0.6 is 0 Å². The normalized spacial score (nSPS) is 15.8. The zero-order chi connectivity index (χ0) is 22.7. The molecule has 1 aliphatic heterocycles. The maximum atomic E-state index is 13.4. The van der Waals surface area contributed by atoms with Gasteiger partial charge in [-0.15, -0.1) is 0 Å². The molecule has 32 heavy (non-hydrogen) atoms. The van der Waals surface area contributed by atoms with E-state index in [4.69, 9.17) is 4.74 Å². The van der Waals surface area contributed by atoms with Crippen LogP contribution in [0.25, 0.3) is 10.8 Å². The Kier molecular flexibility index (Phi) is 6.74. The van der Waals surface area contributed by atoms with Crippen molar-refractivity contribution in [3.05, 3.63) is 71.8 Å². The Hall–Kier alpha value is -2.55. The van der Waals surface area contributed by atoms with E-state index >= 15 is 0 Å². The third kappa shape index (κ3) is 4.92. The van der Waals surface area contributed by atoms with Gasteiger partial charge in [-0.2, -0.15) is 0 Å². The lowest BCUT2D eigenvalue weighted by molar-refractivity contribution is 0.199. The minimum absolute atomic E-state index is 0.188. The minimum atomic E-state index is -3.72. The number of hydrogen-bond acceptors (Lipinski definition) is 4. The van der Waals surface area contributed by atoms with E-state index < -0.39 is 21.7 Å². The van der Waals surface area contributed by atoms with Crippen molar-refractivity contribution in [1.82, 2.24) is 9.62 Å². The standard InChI is InChI=1S/C24H26F2N2O3S/c1-2-31-23-9-10-24(20-6-4-3-5-19(20)23)32(29,30)27-18-11-13-28(14-12-18)16-17-7-8-21(25)22(26)15-17/h3-10,15,18,27H,2,11-14,16H2,1H3. The minimum Gasteiger partial charge on any atom is -0.493 e. The molecule has 0 aromatic heterocycles. The third-order valence-electron chi connectivity index (χ3n) is 5.73. The molecule has 0 aliphatic carbocycles. The average Bonchev–Trinajstić information content (AvgIpc) is 2.78. The highest BCUT2D eigenvalue weighted by atomic mass is 32.2. The highest BCUT2D eigenvalue weighted by Crippen LogP contribution is 2.31. The summed E-state index contributed by atoms with van der Waals surface area (Å²) in [4.78, 5) is 2.35. The molecule has 0 saturated carbocycles. The lowest BCUT2D eigenvalue weighted by Crippen LogP contribution is -2.44. The molecule has 0 amide bonds. The van der Waals surface area contributed by atoms with Crippen LogP contribution in [0.1, 0.15) is 25.3 Å². The number of nitrogens with zero attached hydrogens (tertiary/aromatic N) is 1. The summed E-state index contributed by atoms with van der Waals surface area (Å²) in [5.41, 5.74) is 0.698. The number of piperidine rings is 1. The predicted molar refractivity (Wildman–Crippen MR) is 120 cm³/mol. The topological polar surface area (TPSA) is 58.6 Å². The van der Waals surface area contributed by atoms with Crippen molar-refractivity contribution >= 4 is 20.8 Å². The van der Waals surface area contributed by atoms with Crippen molar-refractivity contribution < 1.29 is 21.9 Å². The van der Waals surface area contributed by atoms with Gasteiger partial charge in [0.05, 0.1) is 11.5 Å². The number of sulfonamides is 1. The van der Waals surface area contributed by atoms with Crippen LogP contribution in [0.3, 0.4) is 0 Å². The van der Waals surface area contributed by atoms with Gasteiger partial charge in [0.2, 0.25) is 10.0 Å². The number of fused-ring (bicyclic) bond motifs is 1. The number of ether oxygens (including phenoxy) is 1. The second-order valence-electron chi connectivity index (χ2n) is 7.96. The summed E-state index contributed by atoms with van der Waals surface area (Å²) >= 11 is 0. The quantitative estimate of drug-likeness (QED) is 0.566. The molecule has 0 radical (unpaired) electrons. The number of hydrogen-bond donors (Lipinski definition) is 1. The van der Waals surface area contributed by atoms with Crippen LogP contribution in [0.2, 0.25) is 0 Å². The number of likely N-dealkylation sites (tertiary alicyclic amines) is 1. The molecular weight excluding hydrogens is 434 g/mol. The van der Waals surface area contributed by atoms with Crippen molar-refractivity contribution in [3.8, 4) is 5.75 Å². The number of halogens is 2. The number of nitrogens with one attached hydrogen (secondary N) is 1. The summed E-state index contributed by atoms with van der Waals surface area (Å²) in [6, 6.07) is 14.3. The zero-order valence-corrected chi connectivity index (χ0v) is 18.7. The summed E-state index contributed by atoms with van der Waals surface area (Å²) in [7, 11) is -3.72. The summed E-state index contributed by atoms with van der Waals surface area (Å²) in [5.74, 6) is -1.05. The molecule has 1 fully saturated rings. The molecule has 5 nitrogen and oxygen atoms in total. The highest BCUT2D eigenvalue weighted by Gasteiger charge is 2.26. The third-order valence-corrected chi connectivity index (χ3v) is 7.31. The Morgan fingerprint density at radius 1 is 1.00 bits per heavy atom. The van der Waals surface area contributed by atoms with Crippen LogP contribution < -0.4 is 9.46 Å². The predicted octanol–water partition coefficient (Wildman–Crippen LogP) is 4.46. The molecular formula is C24H26F2N2O3S. The van der Waals surface area contributed by atoms with E-state index in [-0.39, 0.29) is 10.9 Å². The molecule has 0 unspecified atom stereocenters. The second-order valence-corrected chi connectivity index (χ2v) is 9.64. The molecule has 3 aromatic rings. The Bertz CT molecular complexity index is 1210. The Labute approximate surface area is 187 Å². The van der Waals surface area contributed by atoms with Crippen LogP contribution in [0.15, 0.2) is 59.5 Å². The van der Waals surface area contributed by atoms with E-state index in [2.05, 4.69) is 9.62 Å². The van der Waals surface area contributed by atoms with E-state index in [9.17, 15) is 17.2 Å². The molecule has 4 rings (SSSR count). The first-order chi connectivity index (χ1) is 15.4. The van der Waals surface area contributed by atoms with Crippen LogP contribution in [0.4, 0.5) is 8.78 Å². The van der Waals surface area contributed by atoms with E-state index in [0.29, 0.717) is 55.8 Å². The van der Waals surface area contributed by atoms with E-state index in [1.807, 2.05) is 25.1 Å². The van der Waals surface area contributed by atoms with Gasteiger partial charge in [0.1, 0.15) is 5.75 Å². The fourth-order valence-corrected chi connectivity index (χ4v) is 5.66. The maximum Gasteiger partial charge on any atom is 0.241 e. The number of rotatable bonds is 7. The lowest BCUT2D eigenvalue weighted by atomic mass is 10.1. The van der Waals surface area contributed by atoms with E-state index in [1.165, 1.54) is 6.07 Å². The van der Waals surface area contributed by atoms with Gasteiger partial charge in [-0.1, -0.05) is 30.3 Å². The molecule has 0 bridgehead atoms. The van der Waals surface area contributed by atoms with Gasteiger partial charge in [0.15, 0.2) is 11.6 Å². The SMILES string of the molecule is CCOc1ccc(S(=O)(=O)NC2CCN(Cc3ccc(F)c(F)c3)CC2)c2ccccc12. The fraction of sp³-hybridized carbons (Fsp3) is 0.333. The summed E-state index contributed by atoms with van der Waals surface area (Å²) in [6.07, 6.45) is 1.27. The van der Waals surface area contributed by atoms with Crippen molar-refractivity contribution in [2.75, 3.05) is 19.7 Å². The Morgan fingerprint density at radius 3 is 2.41 bits per heavy atom. The smallest absolute Gasteiger partial charge is 0.241 e. The first kappa shape index (κ1) is 22.6. The molecule has 1 heterocycles. The van der Waals surface area contributed by atoms with Crippen LogP contribution in [-0.4, -0.2) is 39.1 Å². The van der Waals surface area contributed by atoms with Crippen molar-refractivity contribution in [3.63, 3.8) is 0 Å². The molecule has 170 valence electrons. The zero-order valence-electron chi connectivity index (χ0n) is 17.9. The highest BCUT2D eigenvalue weighted by molar-refractivity contribution is 7.89. The van der Waals surface area contributed by atoms with Gasteiger partial charge in [-0.3, -0.25) is 4.90 Å². The Morgan fingerprint density at radius 2 is 1.72 bits per heavy atom. The molecule has 8 heteroatoms. The van der Waals surface area contributed by atoms with Crippen molar-refractivity contribution in [2.24, 2.45) is 0 Å². The van der Waals surface area contributed by atoms with Crippen molar-refractivity contribution in [2.45, 2.75) is 37.2 Å². The lowest BCUT2D eigenvalue weighted by Gasteiger charge is -2.32. The van der Waals surface area contributed by atoms with Gasteiger partial charge in [-0.05, 0) is 49.6 Å². The van der Waals surface area contributed by atoms with Crippen LogP contribution in [0.5, 0.6) is 5.75 Å². The molecule has 0 spiro atoms. The molecule has 1 aliphatic rings. The maximum absolute atomic E-state index is 13.4. The van der Waals surface area contributed by atoms with Crippen LogP contribution in [0, 0.1) is 11.6 Å². The second kappa shape index (κ2) is 9.52. The average molecular weight is 461 g/mol. The fourth-order valence-electron chi connectivity index (χ4n) is 4.15. The molecule has 1 N–H and O–H groups in total. The summed E-state index contributed by atoms with van der Waals surface area (Å²) in [6.45, 7) is 4.21. The largest absolute Gasteiger partial charge is 0.493 e. The van der Waals surface area contributed by atoms with Gasteiger partial charge in [0, 0.05) is 36.4 Å². The van der Waals surface area contributed by atoms with Gasteiger partial charge in [0.25, 0.3) is 0 Å². The number of benzene rings is 3. The molecule has 0 atom stereocenters. The van der Waals surface area contributed by atoms with Gasteiger partial charge >= 0.3 is 0 Å².